The number of carbonyl (C=O) groups is 2. The molecule has 0 radical (unpaired) electrons. The molecule has 6 nitrogen and oxygen atoms in total. The quantitative estimate of drug-likeness (QED) is 0.128. The maximum atomic E-state index is 13.9. The molecule has 0 spiro atoms. The second kappa shape index (κ2) is 12.9. The average molecular weight is 707 g/mol. The number of esters is 1. The third kappa shape index (κ3) is 5.33. The monoisotopic (exact) mass is 706 g/mol. The van der Waals surface area contributed by atoms with Gasteiger partial charge >= 0.3 is 5.97 Å². The molecule has 268 valence electrons. The molecule has 2 N–H and O–H groups in total. The minimum Gasteiger partial charge on any atom is -0.458 e. The molecule has 51 heavy (non-hydrogen) atoms. The Kier molecular flexibility index (Phi) is 9.06. The predicted octanol–water partition coefficient (Wildman–Crippen LogP) is 7.53. The minimum absolute atomic E-state index is 0.0228. The first kappa shape index (κ1) is 35.9. The zero-order chi connectivity index (χ0) is 36.4. The van der Waals surface area contributed by atoms with E-state index in [0.717, 1.165) is 22.3 Å². The first-order chi connectivity index (χ1) is 24.3. The highest BCUT2D eigenvalue weighted by atomic mass is 32.2. The van der Waals surface area contributed by atoms with Crippen LogP contribution in [0, 0.1) is 35.0 Å². The van der Waals surface area contributed by atoms with Gasteiger partial charge in [0, 0.05) is 35.3 Å². The van der Waals surface area contributed by atoms with Crippen molar-refractivity contribution in [2.75, 3.05) is 18.6 Å². The summed E-state index contributed by atoms with van der Waals surface area (Å²) in [6, 6.07) is 30.3. The third-order valence-corrected chi connectivity index (χ3v) is 13.6. The van der Waals surface area contributed by atoms with Gasteiger partial charge in [-0.3, -0.25) is 9.59 Å². The molecule has 7 rings (SSSR count). The summed E-state index contributed by atoms with van der Waals surface area (Å²) in [5, 5.41) is 25.6. The zero-order valence-electron chi connectivity index (χ0n) is 30.5. The fourth-order valence-corrected chi connectivity index (χ4v) is 10.8. The normalized spacial score (nSPS) is 32.7. The van der Waals surface area contributed by atoms with Crippen LogP contribution >= 0.6 is 11.8 Å². The van der Waals surface area contributed by atoms with Gasteiger partial charge in [0.05, 0.1) is 18.1 Å². The number of hydrogen-bond donors (Lipinski definition) is 2. The van der Waals surface area contributed by atoms with E-state index < -0.39 is 39.7 Å². The van der Waals surface area contributed by atoms with Crippen LogP contribution in [0.15, 0.2) is 114 Å². The van der Waals surface area contributed by atoms with Gasteiger partial charge in [-0.05, 0) is 53.4 Å². The number of thioether (sulfide) groups is 1. The number of benzene rings is 3. The number of hydrogen-bond acceptors (Lipinski definition) is 7. The molecule has 0 bridgehead atoms. The summed E-state index contributed by atoms with van der Waals surface area (Å²) in [5.41, 5.74) is -1.51. The molecular formula is C44H50O6S. The molecule has 0 saturated heterocycles. The molecule has 3 aromatic carbocycles. The lowest BCUT2D eigenvalue weighted by Gasteiger charge is -2.50. The summed E-state index contributed by atoms with van der Waals surface area (Å²) >= 11 is 1.62. The molecule has 4 aliphatic carbocycles. The number of fused-ring (bicyclic) bond motifs is 5. The van der Waals surface area contributed by atoms with Gasteiger partial charge in [-0.15, -0.1) is 0 Å². The van der Waals surface area contributed by atoms with Gasteiger partial charge in [-0.25, -0.2) is 0 Å². The minimum atomic E-state index is -1.84. The molecule has 4 aliphatic rings. The lowest BCUT2D eigenvalue weighted by atomic mass is 9.60. The SMILES string of the molecule is CSC[C@H](C)C(=O)O[C@@]12C[C@@H](C)[C@@]3(O)[C@@H](C=C(COC(c4ccccc4)(c4ccccc4)c4ccccc4)C[C@]4(O)C(=O)C(C)=C[C@@H]34)[C@@H]1C2(C)C. The van der Waals surface area contributed by atoms with Crippen molar-refractivity contribution in [3.63, 3.8) is 0 Å². The summed E-state index contributed by atoms with van der Waals surface area (Å²) in [7, 11) is 0. The second-order valence-electron chi connectivity index (χ2n) is 16.0. The molecule has 2 saturated carbocycles. The summed E-state index contributed by atoms with van der Waals surface area (Å²) < 4.78 is 13.8. The van der Waals surface area contributed by atoms with E-state index in [4.69, 9.17) is 9.47 Å². The Morgan fingerprint density at radius 3 is 1.96 bits per heavy atom. The summed E-state index contributed by atoms with van der Waals surface area (Å²) in [5.74, 6) is -2.12. The van der Waals surface area contributed by atoms with E-state index in [9.17, 15) is 19.8 Å². The number of ether oxygens (including phenoxy) is 2. The number of Topliss-reactive ketones (excluding diaryl/α,β-unsaturated/α-hetero) is 1. The van der Waals surface area contributed by atoms with Crippen molar-refractivity contribution in [1.82, 2.24) is 0 Å². The van der Waals surface area contributed by atoms with E-state index in [1.807, 2.05) is 74.7 Å². The van der Waals surface area contributed by atoms with Crippen molar-refractivity contribution in [2.24, 2.45) is 35.0 Å². The van der Waals surface area contributed by atoms with Crippen molar-refractivity contribution < 1.29 is 29.3 Å². The van der Waals surface area contributed by atoms with Crippen LogP contribution in [-0.2, 0) is 24.7 Å². The van der Waals surface area contributed by atoms with Crippen molar-refractivity contribution in [1.29, 1.82) is 0 Å². The standard InChI is InChI=1S/C44H50O6S/c1-28-22-36-41(47,38(28)45)25-31(23-35-37-40(4,5)42(37,24-30(3)43(35,36)48)50-39(46)29(2)27-51-6)26-49-44(32-16-10-7-11-17-32,33-18-12-8-13-19-33)34-20-14-9-15-21-34/h7-23,29-30,35-37,47-48H,24-27H2,1-6H3/t29-,30+,35-,36+,37+,41+,42-,43+/m0/s1. The average Bonchev–Trinajstić information content (AvgIpc) is 3.53. The molecule has 0 aromatic heterocycles. The fraction of sp³-hybridized carbons (Fsp3) is 0.455. The molecule has 7 heteroatoms. The van der Waals surface area contributed by atoms with E-state index in [1.54, 1.807) is 24.8 Å². The molecule has 0 unspecified atom stereocenters. The largest absolute Gasteiger partial charge is 0.458 e. The third-order valence-electron chi connectivity index (χ3n) is 12.8. The van der Waals surface area contributed by atoms with Gasteiger partial charge < -0.3 is 19.7 Å². The van der Waals surface area contributed by atoms with E-state index in [-0.39, 0.29) is 42.5 Å². The number of aliphatic hydroxyl groups is 2. The van der Waals surface area contributed by atoms with Crippen molar-refractivity contribution >= 4 is 23.5 Å². The number of carbonyl (C=O) groups excluding carboxylic acids is 2. The van der Waals surface area contributed by atoms with E-state index in [2.05, 4.69) is 56.3 Å². The van der Waals surface area contributed by atoms with Gasteiger partial charge in [-0.1, -0.05) is 131 Å². The topological polar surface area (TPSA) is 93.1 Å². The highest BCUT2D eigenvalue weighted by Gasteiger charge is 2.83. The van der Waals surface area contributed by atoms with Gasteiger partial charge in [0.1, 0.15) is 16.8 Å². The van der Waals surface area contributed by atoms with Crippen LogP contribution in [0.1, 0.15) is 64.2 Å². The summed E-state index contributed by atoms with van der Waals surface area (Å²) in [6.45, 7) is 9.94. The Labute approximate surface area is 306 Å². The number of ketones is 1. The van der Waals surface area contributed by atoms with Crippen LogP contribution < -0.4 is 0 Å². The van der Waals surface area contributed by atoms with Crippen LogP contribution in [0.4, 0.5) is 0 Å². The maximum absolute atomic E-state index is 13.9. The van der Waals surface area contributed by atoms with Crippen molar-refractivity contribution in [3.05, 3.63) is 131 Å². The lowest BCUT2D eigenvalue weighted by Crippen LogP contribution is -2.61. The van der Waals surface area contributed by atoms with Crippen molar-refractivity contribution in [3.8, 4) is 0 Å². The molecule has 8 atom stereocenters. The first-order valence-corrected chi connectivity index (χ1v) is 19.6. The molecule has 2 fully saturated rings. The van der Waals surface area contributed by atoms with Gasteiger partial charge in [0.15, 0.2) is 5.78 Å². The first-order valence-electron chi connectivity index (χ1n) is 18.2. The van der Waals surface area contributed by atoms with E-state index in [1.165, 1.54) is 0 Å². The van der Waals surface area contributed by atoms with E-state index >= 15 is 0 Å². The van der Waals surface area contributed by atoms with Crippen LogP contribution in [0.3, 0.4) is 0 Å². The molecule has 0 heterocycles. The zero-order valence-corrected chi connectivity index (χ0v) is 31.3. The molecular weight excluding hydrogens is 657 g/mol. The molecule has 3 aromatic rings. The predicted molar refractivity (Wildman–Crippen MR) is 201 cm³/mol. The number of rotatable bonds is 10. The summed E-state index contributed by atoms with van der Waals surface area (Å²) in [4.78, 5) is 27.5. The Morgan fingerprint density at radius 1 is 0.922 bits per heavy atom. The van der Waals surface area contributed by atoms with Gasteiger partial charge in [0.25, 0.3) is 0 Å². The van der Waals surface area contributed by atoms with Crippen LogP contribution in [0.5, 0.6) is 0 Å². The van der Waals surface area contributed by atoms with E-state index in [0.29, 0.717) is 17.7 Å². The van der Waals surface area contributed by atoms with Crippen LogP contribution in [0.25, 0.3) is 0 Å². The van der Waals surface area contributed by atoms with Gasteiger partial charge in [-0.2, -0.15) is 11.8 Å². The second-order valence-corrected chi connectivity index (χ2v) is 16.9. The van der Waals surface area contributed by atoms with Crippen LogP contribution in [0.2, 0.25) is 0 Å². The molecule has 0 aliphatic heterocycles. The Morgan fingerprint density at radius 2 is 1.45 bits per heavy atom. The lowest BCUT2D eigenvalue weighted by molar-refractivity contribution is -0.188. The Hall–Kier alpha value is -3.49. The highest BCUT2D eigenvalue weighted by Crippen LogP contribution is 2.76. The molecule has 0 amide bonds. The Bertz CT molecular complexity index is 1760. The fourth-order valence-electron chi connectivity index (χ4n) is 10.2. The maximum Gasteiger partial charge on any atom is 0.310 e. The smallest absolute Gasteiger partial charge is 0.310 e. The van der Waals surface area contributed by atoms with Gasteiger partial charge in [0.2, 0.25) is 0 Å². The van der Waals surface area contributed by atoms with Crippen LogP contribution in [-0.4, -0.2) is 57.4 Å². The Balaban J connectivity index is 1.35. The highest BCUT2D eigenvalue weighted by molar-refractivity contribution is 7.98. The van der Waals surface area contributed by atoms with Crippen molar-refractivity contribution in [2.45, 2.75) is 69.9 Å². The summed E-state index contributed by atoms with van der Waals surface area (Å²) in [6.07, 6.45) is 6.31.